The molecule has 4 rings (SSSR count). The third kappa shape index (κ3) is 3.19. The maximum absolute atomic E-state index is 12.7. The van der Waals surface area contributed by atoms with Gasteiger partial charge in [-0.1, -0.05) is 54.1 Å². The summed E-state index contributed by atoms with van der Waals surface area (Å²) in [5, 5.41) is 4.04. The Balaban J connectivity index is 1.87. The zero-order valence-electron chi connectivity index (χ0n) is 15.6. The SMILES string of the molecule is COC(=O)[C@@H]1N[C@H](c2ccc(Cl)cc2)[C@@]2(CCCC(=O)O2)[C@H]1c1ccccc1. The van der Waals surface area contributed by atoms with E-state index in [1.54, 1.807) is 12.1 Å². The van der Waals surface area contributed by atoms with Gasteiger partial charge in [-0.05, 0) is 36.1 Å². The topological polar surface area (TPSA) is 64.6 Å². The molecule has 0 bridgehead atoms. The number of hydrogen-bond donors (Lipinski definition) is 1. The molecule has 2 aliphatic heterocycles. The van der Waals surface area contributed by atoms with E-state index in [0.717, 1.165) is 11.1 Å². The van der Waals surface area contributed by atoms with Gasteiger partial charge in [0.1, 0.15) is 11.6 Å². The fraction of sp³-hybridized carbons (Fsp3) is 0.364. The van der Waals surface area contributed by atoms with Crippen molar-refractivity contribution < 1.29 is 19.1 Å². The Morgan fingerprint density at radius 3 is 2.50 bits per heavy atom. The van der Waals surface area contributed by atoms with Gasteiger partial charge in [0.05, 0.1) is 19.1 Å². The van der Waals surface area contributed by atoms with Crippen molar-refractivity contribution in [3.63, 3.8) is 0 Å². The van der Waals surface area contributed by atoms with E-state index in [-0.39, 0.29) is 23.9 Å². The van der Waals surface area contributed by atoms with Crippen LogP contribution in [-0.4, -0.2) is 30.7 Å². The number of rotatable bonds is 3. The predicted molar refractivity (Wildman–Crippen MR) is 105 cm³/mol. The minimum absolute atomic E-state index is 0.238. The maximum atomic E-state index is 12.7. The summed E-state index contributed by atoms with van der Waals surface area (Å²) in [6.07, 6.45) is 1.76. The highest BCUT2D eigenvalue weighted by molar-refractivity contribution is 6.30. The maximum Gasteiger partial charge on any atom is 0.323 e. The largest absolute Gasteiger partial charge is 0.468 e. The highest BCUT2D eigenvalue weighted by Crippen LogP contribution is 2.53. The molecule has 0 aromatic heterocycles. The van der Waals surface area contributed by atoms with Crippen molar-refractivity contribution in [2.45, 2.75) is 42.9 Å². The summed E-state index contributed by atoms with van der Waals surface area (Å²) in [6, 6.07) is 16.2. The monoisotopic (exact) mass is 399 g/mol. The molecule has 4 atom stereocenters. The zero-order valence-corrected chi connectivity index (χ0v) is 16.3. The van der Waals surface area contributed by atoms with Crippen molar-refractivity contribution in [1.82, 2.24) is 5.32 Å². The van der Waals surface area contributed by atoms with E-state index in [2.05, 4.69) is 5.32 Å². The lowest BCUT2D eigenvalue weighted by Gasteiger charge is -2.42. The van der Waals surface area contributed by atoms with Gasteiger partial charge >= 0.3 is 11.9 Å². The smallest absolute Gasteiger partial charge is 0.323 e. The average Bonchev–Trinajstić information content (AvgIpc) is 3.02. The summed E-state index contributed by atoms with van der Waals surface area (Å²) in [5.74, 6) is -0.962. The van der Waals surface area contributed by atoms with Gasteiger partial charge in [-0.15, -0.1) is 0 Å². The second-order valence-corrected chi connectivity index (χ2v) is 7.76. The number of hydrogen-bond acceptors (Lipinski definition) is 5. The van der Waals surface area contributed by atoms with Crippen molar-refractivity contribution in [2.24, 2.45) is 0 Å². The lowest BCUT2D eigenvalue weighted by Crippen LogP contribution is -2.47. The third-order valence-electron chi connectivity index (χ3n) is 5.76. The minimum Gasteiger partial charge on any atom is -0.468 e. The quantitative estimate of drug-likeness (QED) is 0.796. The van der Waals surface area contributed by atoms with Crippen LogP contribution in [0.2, 0.25) is 5.02 Å². The molecule has 2 saturated heterocycles. The average molecular weight is 400 g/mol. The molecule has 1 spiro atoms. The Labute approximate surface area is 169 Å². The summed E-state index contributed by atoms with van der Waals surface area (Å²) < 4.78 is 11.2. The van der Waals surface area contributed by atoms with Crippen molar-refractivity contribution in [3.8, 4) is 0 Å². The van der Waals surface area contributed by atoms with E-state index in [4.69, 9.17) is 21.1 Å². The summed E-state index contributed by atoms with van der Waals surface area (Å²) in [6.45, 7) is 0. The van der Waals surface area contributed by atoms with Crippen LogP contribution in [0.1, 0.15) is 42.3 Å². The molecule has 2 heterocycles. The molecular weight excluding hydrogens is 378 g/mol. The highest BCUT2D eigenvalue weighted by Gasteiger charge is 2.61. The number of methoxy groups -OCH3 is 1. The predicted octanol–water partition coefficient (Wildman–Crippen LogP) is 3.78. The Hall–Kier alpha value is -2.37. The number of esters is 2. The van der Waals surface area contributed by atoms with Gasteiger partial charge in [-0.25, -0.2) is 0 Å². The Morgan fingerprint density at radius 1 is 1.14 bits per heavy atom. The normalized spacial score (nSPS) is 29.5. The first kappa shape index (κ1) is 19.0. The first-order valence-corrected chi connectivity index (χ1v) is 9.79. The standard InChI is InChI=1S/C22H22ClNO4/c1-27-21(26)19-18(14-6-3-2-4-7-14)22(13-5-8-17(25)28-22)20(24-19)15-9-11-16(23)12-10-15/h2-4,6-7,9-12,18-20,24H,5,8,13H2,1H3/t18-,19+,20+,22+/m0/s1. The van der Waals surface area contributed by atoms with Crippen LogP contribution in [0.25, 0.3) is 0 Å². The molecule has 6 heteroatoms. The molecule has 2 aliphatic rings. The van der Waals surface area contributed by atoms with Crippen LogP contribution in [0.5, 0.6) is 0 Å². The van der Waals surface area contributed by atoms with Gasteiger partial charge < -0.3 is 9.47 Å². The van der Waals surface area contributed by atoms with Crippen molar-refractivity contribution in [2.75, 3.05) is 7.11 Å². The second kappa shape index (κ2) is 7.57. The number of nitrogens with one attached hydrogen (secondary N) is 1. The van der Waals surface area contributed by atoms with Crippen molar-refractivity contribution in [1.29, 1.82) is 0 Å². The molecule has 2 aromatic carbocycles. The van der Waals surface area contributed by atoms with E-state index in [9.17, 15) is 9.59 Å². The fourth-order valence-electron chi connectivity index (χ4n) is 4.62. The molecule has 2 aromatic rings. The van der Waals surface area contributed by atoms with Gasteiger partial charge in [0.25, 0.3) is 0 Å². The summed E-state index contributed by atoms with van der Waals surface area (Å²) in [4.78, 5) is 25.1. The first-order chi connectivity index (χ1) is 13.5. The molecule has 0 radical (unpaired) electrons. The van der Waals surface area contributed by atoms with Gasteiger partial charge in [0, 0.05) is 11.4 Å². The highest BCUT2D eigenvalue weighted by atomic mass is 35.5. The molecule has 0 saturated carbocycles. The molecule has 0 unspecified atom stereocenters. The molecule has 2 fully saturated rings. The summed E-state index contributed by atoms with van der Waals surface area (Å²) >= 11 is 6.07. The van der Waals surface area contributed by atoms with Gasteiger partial charge in [-0.2, -0.15) is 0 Å². The van der Waals surface area contributed by atoms with Crippen LogP contribution in [-0.2, 0) is 19.1 Å². The summed E-state index contributed by atoms with van der Waals surface area (Å²) in [5.41, 5.74) is 0.992. The van der Waals surface area contributed by atoms with E-state index in [1.807, 2.05) is 42.5 Å². The van der Waals surface area contributed by atoms with E-state index in [1.165, 1.54) is 7.11 Å². The lowest BCUT2D eigenvalue weighted by molar-refractivity contribution is -0.172. The van der Waals surface area contributed by atoms with Crippen LogP contribution >= 0.6 is 11.6 Å². The van der Waals surface area contributed by atoms with E-state index >= 15 is 0 Å². The minimum atomic E-state index is -0.872. The first-order valence-electron chi connectivity index (χ1n) is 9.41. The van der Waals surface area contributed by atoms with Gasteiger partial charge in [0.15, 0.2) is 0 Å². The van der Waals surface area contributed by atoms with Crippen LogP contribution in [0.4, 0.5) is 0 Å². The van der Waals surface area contributed by atoms with E-state index < -0.39 is 11.6 Å². The zero-order chi connectivity index (χ0) is 19.7. The molecule has 1 N–H and O–H groups in total. The molecule has 146 valence electrons. The Bertz CT molecular complexity index is 870. The fourth-order valence-corrected chi connectivity index (χ4v) is 4.75. The Morgan fingerprint density at radius 2 is 1.86 bits per heavy atom. The number of carbonyl (C=O) groups is 2. The number of halogens is 1. The second-order valence-electron chi connectivity index (χ2n) is 7.32. The molecule has 28 heavy (non-hydrogen) atoms. The van der Waals surface area contributed by atoms with E-state index in [0.29, 0.717) is 24.3 Å². The molecular formula is C22H22ClNO4. The third-order valence-corrected chi connectivity index (χ3v) is 6.02. The van der Waals surface area contributed by atoms with Crippen molar-refractivity contribution in [3.05, 3.63) is 70.7 Å². The van der Waals surface area contributed by atoms with Gasteiger partial charge in [0.2, 0.25) is 0 Å². The van der Waals surface area contributed by atoms with Gasteiger partial charge in [-0.3, -0.25) is 14.9 Å². The molecule has 0 amide bonds. The van der Waals surface area contributed by atoms with Crippen LogP contribution < -0.4 is 5.32 Å². The van der Waals surface area contributed by atoms with Crippen LogP contribution in [0.3, 0.4) is 0 Å². The number of benzene rings is 2. The molecule has 0 aliphatic carbocycles. The molecule has 5 nitrogen and oxygen atoms in total. The number of ether oxygens (including phenoxy) is 2. The number of carbonyl (C=O) groups excluding carboxylic acids is 2. The Kier molecular flexibility index (Phi) is 5.13. The van der Waals surface area contributed by atoms with Crippen LogP contribution in [0.15, 0.2) is 54.6 Å². The summed E-state index contributed by atoms with van der Waals surface area (Å²) in [7, 11) is 1.38. The van der Waals surface area contributed by atoms with Crippen molar-refractivity contribution >= 4 is 23.5 Å². The lowest BCUT2D eigenvalue weighted by atomic mass is 9.72. The van der Waals surface area contributed by atoms with Crippen LogP contribution in [0, 0.1) is 0 Å².